The van der Waals surface area contributed by atoms with Gasteiger partial charge >= 0.3 is 0 Å². The standard InChI is InChI=1S/C21H20ClN3O2/c1-27-19-8-7-17(14-18(19)22)25-20-13-16(10-12-23-20)21(26)24-11-9-15-5-3-2-4-6-15/h2-8,10,12-14H,9,11H2,1H3,(H,23,25)(H,24,26). The first kappa shape index (κ1) is 18.7. The van der Waals surface area contributed by atoms with Crippen LogP contribution in [0.1, 0.15) is 15.9 Å². The van der Waals surface area contributed by atoms with Gasteiger partial charge in [0, 0.05) is 24.0 Å². The van der Waals surface area contributed by atoms with Crippen molar-refractivity contribution in [2.24, 2.45) is 0 Å². The van der Waals surface area contributed by atoms with E-state index in [1.165, 1.54) is 5.56 Å². The number of nitrogens with zero attached hydrogens (tertiary/aromatic N) is 1. The number of halogens is 1. The lowest BCUT2D eigenvalue weighted by Crippen LogP contribution is -2.25. The fraction of sp³-hybridized carbons (Fsp3) is 0.143. The van der Waals surface area contributed by atoms with Crippen molar-refractivity contribution < 1.29 is 9.53 Å². The van der Waals surface area contributed by atoms with Gasteiger partial charge in [-0.15, -0.1) is 0 Å². The van der Waals surface area contributed by atoms with Crippen molar-refractivity contribution in [3.8, 4) is 5.75 Å². The van der Waals surface area contributed by atoms with E-state index < -0.39 is 0 Å². The molecule has 0 radical (unpaired) electrons. The molecule has 0 bridgehead atoms. The van der Waals surface area contributed by atoms with Gasteiger partial charge in [0.1, 0.15) is 11.6 Å². The van der Waals surface area contributed by atoms with E-state index in [0.29, 0.717) is 28.7 Å². The van der Waals surface area contributed by atoms with E-state index in [9.17, 15) is 4.79 Å². The lowest BCUT2D eigenvalue weighted by atomic mass is 10.1. The summed E-state index contributed by atoms with van der Waals surface area (Å²) in [6, 6.07) is 18.8. The Morgan fingerprint density at radius 2 is 1.93 bits per heavy atom. The number of nitrogens with one attached hydrogen (secondary N) is 2. The highest BCUT2D eigenvalue weighted by Crippen LogP contribution is 2.28. The number of anilines is 2. The summed E-state index contributed by atoms with van der Waals surface area (Å²) in [6.07, 6.45) is 2.38. The van der Waals surface area contributed by atoms with Gasteiger partial charge in [0.05, 0.1) is 12.1 Å². The number of hydrogen-bond donors (Lipinski definition) is 2. The first-order valence-corrected chi connectivity index (χ1v) is 8.92. The van der Waals surface area contributed by atoms with Crippen molar-refractivity contribution in [2.75, 3.05) is 19.0 Å². The fourth-order valence-electron chi connectivity index (χ4n) is 2.60. The van der Waals surface area contributed by atoms with Crippen molar-refractivity contribution in [3.63, 3.8) is 0 Å². The third kappa shape index (κ3) is 5.21. The Kier molecular flexibility index (Phi) is 6.28. The summed E-state index contributed by atoms with van der Waals surface area (Å²) in [4.78, 5) is 16.6. The van der Waals surface area contributed by atoms with Gasteiger partial charge in [-0.3, -0.25) is 4.79 Å². The molecule has 6 heteroatoms. The number of carbonyl (C=O) groups excluding carboxylic acids is 1. The van der Waals surface area contributed by atoms with Crippen molar-refractivity contribution in [1.29, 1.82) is 0 Å². The van der Waals surface area contributed by atoms with E-state index >= 15 is 0 Å². The molecular formula is C21H20ClN3O2. The highest BCUT2D eigenvalue weighted by Gasteiger charge is 2.08. The molecule has 1 amide bonds. The van der Waals surface area contributed by atoms with Crippen molar-refractivity contribution in [1.82, 2.24) is 10.3 Å². The van der Waals surface area contributed by atoms with Gasteiger partial charge in [0.15, 0.2) is 0 Å². The number of ether oxygens (including phenoxy) is 1. The Bertz CT molecular complexity index is 916. The molecule has 0 spiro atoms. The molecule has 3 rings (SSSR count). The summed E-state index contributed by atoms with van der Waals surface area (Å²) in [5, 5.41) is 6.57. The van der Waals surface area contributed by atoms with Gasteiger partial charge in [0.25, 0.3) is 5.91 Å². The molecule has 0 aliphatic carbocycles. The lowest BCUT2D eigenvalue weighted by Gasteiger charge is -2.10. The number of rotatable bonds is 7. The summed E-state index contributed by atoms with van der Waals surface area (Å²) < 4.78 is 5.14. The number of pyridine rings is 1. The van der Waals surface area contributed by atoms with Crippen LogP contribution < -0.4 is 15.4 Å². The average molecular weight is 382 g/mol. The van der Waals surface area contributed by atoms with E-state index in [2.05, 4.69) is 15.6 Å². The Balaban J connectivity index is 1.61. The van der Waals surface area contributed by atoms with Crippen molar-refractivity contribution >= 4 is 29.0 Å². The minimum atomic E-state index is -0.135. The lowest BCUT2D eigenvalue weighted by molar-refractivity contribution is 0.0954. The Labute approximate surface area is 163 Å². The third-order valence-electron chi connectivity index (χ3n) is 3.99. The fourth-order valence-corrected chi connectivity index (χ4v) is 2.86. The van der Waals surface area contributed by atoms with Crippen LogP contribution >= 0.6 is 11.6 Å². The minimum absolute atomic E-state index is 0.135. The van der Waals surface area contributed by atoms with E-state index in [1.54, 1.807) is 37.6 Å². The number of carbonyl (C=O) groups is 1. The molecule has 0 saturated carbocycles. The second kappa shape index (κ2) is 9.05. The van der Waals surface area contributed by atoms with Crippen LogP contribution in [0.2, 0.25) is 5.02 Å². The molecule has 3 aromatic rings. The van der Waals surface area contributed by atoms with E-state index in [0.717, 1.165) is 12.1 Å². The van der Waals surface area contributed by atoms with Gasteiger partial charge in [-0.2, -0.15) is 0 Å². The molecule has 1 aromatic heterocycles. The Morgan fingerprint density at radius 3 is 2.67 bits per heavy atom. The van der Waals surface area contributed by atoms with E-state index in [1.807, 2.05) is 36.4 Å². The number of methoxy groups -OCH3 is 1. The molecule has 1 heterocycles. The molecule has 2 N–H and O–H groups in total. The summed E-state index contributed by atoms with van der Waals surface area (Å²) in [5.41, 5.74) is 2.49. The molecule has 0 fully saturated rings. The summed E-state index contributed by atoms with van der Waals surface area (Å²) in [7, 11) is 1.57. The van der Waals surface area contributed by atoms with Gasteiger partial charge in [-0.05, 0) is 42.3 Å². The monoisotopic (exact) mass is 381 g/mol. The normalized spacial score (nSPS) is 10.3. The topological polar surface area (TPSA) is 63.2 Å². The first-order chi connectivity index (χ1) is 13.2. The van der Waals surface area contributed by atoms with Crippen LogP contribution in [0.15, 0.2) is 66.9 Å². The van der Waals surface area contributed by atoms with Crippen LogP contribution in [0.4, 0.5) is 11.5 Å². The zero-order chi connectivity index (χ0) is 19.1. The van der Waals surface area contributed by atoms with Crippen molar-refractivity contribution in [2.45, 2.75) is 6.42 Å². The molecule has 0 aliphatic heterocycles. The maximum absolute atomic E-state index is 12.4. The maximum atomic E-state index is 12.4. The minimum Gasteiger partial charge on any atom is -0.495 e. The van der Waals surface area contributed by atoms with Crippen LogP contribution in [-0.4, -0.2) is 24.5 Å². The quantitative estimate of drug-likeness (QED) is 0.634. The van der Waals surface area contributed by atoms with Crippen LogP contribution in [0.5, 0.6) is 5.75 Å². The summed E-state index contributed by atoms with van der Waals surface area (Å²) in [5.74, 6) is 1.03. The second-order valence-electron chi connectivity index (χ2n) is 5.90. The molecular weight excluding hydrogens is 362 g/mol. The average Bonchev–Trinajstić information content (AvgIpc) is 2.69. The highest BCUT2D eigenvalue weighted by atomic mass is 35.5. The molecule has 0 unspecified atom stereocenters. The number of benzene rings is 2. The van der Waals surface area contributed by atoms with Crippen molar-refractivity contribution in [3.05, 3.63) is 83.0 Å². The smallest absolute Gasteiger partial charge is 0.251 e. The third-order valence-corrected chi connectivity index (χ3v) is 4.28. The molecule has 138 valence electrons. The summed E-state index contributed by atoms with van der Waals surface area (Å²) in [6.45, 7) is 0.571. The molecule has 0 atom stereocenters. The van der Waals surface area contributed by atoms with Gasteiger partial charge in [-0.1, -0.05) is 41.9 Å². The van der Waals surface area contributed by atoms with E-state index in [4.69, 9.17) is 16.3 Å². The molecule has 5 nitrogen and oxygen atoms in total. The number of amides is 1. The van der Waals surface area contributed by atoms with Gasteiger partial charge in [-0.25, -0.2) is 4.98 Å². The number of hydrogen-bond acceptors (Lipinski definition) is 4. The van der Waals surface area contributed by atoms with Crippen LogP contribution in [-0.2, 0) is 6.42 Å². The molecule has 0 aliphatic rings. The zero-order valence-corrected chi connectivity index (χ0v) is 15.7. The van der Waals surface area contributed by atoms with E-state index in [-0.39, 0.29) is 5.91 Å². The molecule has 2 aromatic carbocycles. The highest BCUT2D eigenvalue weighted by molar-refractivity contribution is 6.32. The predicted octanol–water partition coefficient (Wildman–Crippen LogP) is 4.46. The maximum Gasteiger partial charge on any atom is 0.251 e. The Morgan fingerprint density at radius 1 is 1.11 bits per heavy atom. The largest absolute Gasteiger partial charge is 0.495 e. The van der Waals surface area contributed by atoms with Crippen LogP contribution in [0, 0.1) is 0 Å². The second-order valence-corrected chi connectivity index (χ2v) is 6.30. The van der Waals surface area contributed by atoms with Gasteiger partial charge in [0.2, 0.25) is 0 Å². The summed E-state index contributed by atoms with van der Waals surface area (Å²) >= 11 is 6.14. The molecule has 27 heavy (non-hydrogen) atoms. The molecule has 0 saturated heterocycles. The van der Waals surface area contributed by atoms with Gasteiger partial charge < -0.3 is 15.4 Å². The van der Waals surface area contributed by atoms with Crippen LogP contribution in [0.25, 0.3) is 0 Å². The first-order valence-electron chi connectivity index (χ1n) is 8.54. The zero-order valence-electron chi connectivity index (χ0n) is 14.9. The SMILES string of the molecule is COc1ccc(Nc2cc(C(=O)NCCc3ccccc3)ccn2)cc1Cl. The predicted molar refractivity (Wildman–Crippen MR) is 108 cm³/mol. The number of aromatic nitrogens is 1. The Hall–Kier alpha value is -3.05. The van der Waals surface area contributed by atoms with Crippen LogP contribution in [0.3, 0.4) is 0 Å².